The van der Waals surface area contributed by atoms with Crippen LogP contribution in [0.4, 0.5) is 0 Å². The SMILES string of the molecule is N=C(N)NCCCC(N)C(=O)O.NCCC[C@H](N)C(=O)O. The van der Waals surface area contributed by atoms with Crippen molar-refractivity contribution in [2.75, 3.05) is 13.1 Å². The first-order valence-electron chi connectivity index (χ1n) is 6.47. The Kier molecular flexibility index (Phi) is 13.3. The van der Waals surface area contributed by atoms with E-state index in [0.29, 0.717) is 38.8 Å². The Morgan fingerprint density at radius 1 is 1.05 bits per heavy atom. The number of nitrogens with two attached hydrogens (primary N) is 4. The molecular formula is C11H26N6O4. The first-order chi connectivity index (χ1) is 9.72. The van der Waals surface area contributed by atoms with Crippen LogP contribution < -0.4 is 28.3 Å². The van der Waals surface area contributed by atoms with E-state index in [0.717, 1.165) is 0 Å². The summed E-state index contributed by atoms with van der Waals surface area (Å²) in [6.07, 6.45) is 2.11. The minimum atomic E-state index is -1.00. The number of hydrogen-bond acceptors (Lipinski definition) is 6. The molecule has 0 spiro atoms. The van der Waals surface area contributed by atoms with Crippen molar-refractivity contribution in [2.24, 2.45) is 22.9 Å². The Morgan fingerprint density at radius 3 is 1.81 bits per heavy atom. The molecule has 21 heavy (non-hydrogen) atoms. The standard InChI is InChI=1S/C6H14N4O2.C5H12N2O2/c7-4(5(11)12)2-1-3-10-6(8)9;6-3-1-2-4(7)5(8)9/h4H,1-3,7H2,(H,11,12)(H4,8,9,10);4H,1-3,6-7H2,(H,8,9)/t;4-/m.0/s1. The Bertz CT molecular complexity index is 326. The van der Waals surface area contributed by atoms with Gasteiger partial charge in [0.25, 0.3) is 0 Å². The molecule has 0 rings (SSSR count). The van der Waals surface area contributed by atoms with Crippen molar-refractivity contribution < 1.29 is 19.8 Å². The van der Waals surface area contributed by atoms with E-state index in [4.69, 9.17) is 38.6 Å². The van der Waals surface area contributed by atoms with Crippen molar-refractivity contribution in [1.82, 2.24) is 5.32 Å². The molecule has 0 aliphatic heterocycles. The first-order valence-corrected chi connectivity index (χ1v) is 6.47. The zero-order valence-corrected chi connectivity index (χ0v) is 11.9. The predicted octanol–water partition coefficient (Wildman–Crippen LogP) is -2.20. The van der Waals surface area contributed by atoms with Crippen LogP contribution in [0, 0.1) is 5.41 Å². The maximum atomic E-state index is 10.2. The lowest BCUT2D eigenvalue weighted by Gasteiger charge is -2.06. The lowest BCUT2D eigenvalue weighted by Crippen LogP contribution is -2.34. The molecule has 0 aromatic rings. The van der Waals surface area contributed by atoms with Crippen LogP contribution in [0.15, 0.2) is 0 Å². The van der Waals surface area contributed by atoms with Crippen LogP contribution in [0.1, 0.15) is 25.7 Å². The number of hydrogen-bond donors (Lipinski definition) is 8. The van der Waals surface area contributed by atoms with Crippen molar-refractivity contribution in [2.45, 2.75) is 37.8 Å². The minimum Gasteiger partial charge on any atom is -0.480 e. The van der Waals surface area contributed by atoms with Gasteiger partial charge in [-0.2, -0.15) is 0 Å². The van der Waals surface area contributed by atoms with Crippen LogP contribution in [0.5, 0.6) is 0 Å². The quantitative estimate of drug-likeness (QED) is 0.131. The highest BCUT2D eigenvalue weighted by Gasteiger charge is 2.10. The largest absolute Gasteiger partial charge is 0.480 e. The number of carboxylic acid groups (broad SMARTS) is 2. The minimum absolute atomic E-state index is 0.112. The smallest absolute Gasteiger partial charge is 0.320 e. The zero-order valence-electron chi connectivity index (χ0n) is 11.9. The van der Waals surface area contributed by atoms with E-state index in [1.54, 1.807) is 0 Å². The van der Waals surface area contributed by atoms with E-state index < -0.39 is 24.0 Å². The highest BCUT2D eigenvalue weighted by molar-refractivity contribution is 5.74. The molecule has 0 aromatic heterocycles. The number of aliphatic carboxylic acids is 2. The van der Waals surface area contributed by atoms with Gasteiger partial charge in [0.15, 0.2) is 5.96 Å². The molecule has 0 saturated heterocycles. The van der Waals surface area contributed by atoms with Gasteiger partial charge in [-0.05, 0) is 32.2 Å². The fourth-order valence-electron chi connectivity index (χ4n) is 1.13. The van der Waals surface area contributed by atoms with Crippen LogP contribution in [0.2, 0.25) is 0 Å². The number of carboxylic acids is 2. The summed E-state index contributed by atoms with van der Waals surface area (Å²) in [6, 6.07) is -1.56. The molecule has 2 atom stereocenters. The molecule has 124 valence electrons. The number of rotatable bonds is 9. The van der Waals surface area contributed by atoms with Gasteiger partial charge in [-0.1, -0.05) is 0 Å². The van der Waals surface area contributed by atoms with Crippen molar-refractivity contribution >= 4 is 17.9 Å². The van der Waals surface area contributed by atoms with Gasteiger partial charge in [0.1, 0.15) is 12.1 Å². The average Bonchev–Trinajstić information content (AvgIpc) is 2.40. The van der Waals surface area contributed by atoms with Gasteiger partial charge in [0, 0.05) is 6.54 Å². The van der Waals surface area contributed by atoms with Gasteiger partial charge < -0.3 is 38.5 Å². The second-order valence-corrected chi connectivity index (χ2v) is 4.30. The Hall–Kier alpha value is -1.91. The fraction of sp³-hybridized carbons (Fsp3) is 0.727. The van der Waals surface area contributed by atoms with Crippen molar-refractivity contribution in [1.29, 1.82) is 5.41 Å². The summed E-state index contributed by atoms with van der Waals surface area (Å²) in [6.45, 7) is 0.983. The molecule has 10 heteroatoms. The Balaban J connectivity index is 0. The molecule has 1 unspecified atom stereocenters. The van der Waals surface area contributed by atoms with Gasteiger partial charge >= 0.3 is 11.9 Å². The lowest BCUT2D eigenvalue weighted by atomic mass is 10.2. The van der Waals surface area contributed by atoms with E-state index in [-0.39, 0.29) is 5.96 Å². The van der Waals surface area contributed by atoms with Crippen LogP contribution in [-0.2, 0) is 9.59 Å². The molecular weight excluding hydrogens is 280 g/mol. The van der Waals surface area contributed by atoms with Crippen LogP contribution in [-0.4, -0.2) is 53.3 Å². The third-order valence-electron chi connectivity index (χ3n) is 2.36. The van der Waals surface area contributed by atoms with Crippen molar-refractivity contribution in [3.8, 4) is 0 Å². The maximum Gasteiger partial charge on any atom is 0.320 e. The molecule has 0 radical (unpaired) electrons. The predicted molar refractivity (Wildman–Crippen MR) is 78.7 cm³/mol. The third-order valence-corrected chi connectivity index (χ3v) is 2.36. The molecule has 12 N–H and O–H groups in total. The summed E-state index contributed by atoms with van der Waals surface area (Å²) < 4.78 is 0. The molecule has 0 saturated carbocycles. The van der Waals surface area contributed by atoms with Gasteiger partial charge in [-0.15, -0.1) is 0 Å². The fourth-order valence-corrected chi connectivity index (χ4v) is 1.13. The summed E-state index contributed by atoms with van der Waals surface area (Å²) in [5.74, 6) is -2.07. The van der Waals surface area contributed by atoms with Gasteiger partial charge in [-0.3, -0.25) is 15.0 Å². The third kappa shape index (κ3) is 16.0. The topological polar surface area (TPSA) is 215 Å². The maximum absolute atomic E-state index is 10.2. The average molecular weight is 306 g/mol. The van der Waals surface area contributed by atoms with E-state index in [9.17, 15) is 9.59 Å². The molecule has 0 heterocycles. The second-order valence-electron chi connectivity index (χ2n) is 4.30. The van der Waals surface area contributed by atoms with E-state index >= 15 is 0 Å². The summed E-state index contributed by atoms with van der Waals surface area (Å²) in [5, 5.41) is 26.0. The number of guanidine groups is 1. The number of nitrogens with one attached hydrogen (secondary N) is 2. The lowest BCUT2D eigenvalue weighted by molar-refractivity contribution is -0.139. The van der Waals surface area contributed by atoms with Crippen molar-refractivity contribution in [3.63, 3.8) is 0 Å². The molecule has 0 aliphatic carbocycles. The van der Waals surface area contributed by atoms with Gasteiger partial charge in [0.05, 0.1) is 0 Å². The first kappa shape index (κ1) is 21.4. The molecule has 0 aliphatic rings. The highest BCUT2D eigenvalue weighted by Crippen LogP contribution is 1.92. The van der Waals surface area contributed by atoms with E-state index in [1.807, 2.05) is 0 Å². The monoisotopic (exact) mass is 306 g/mol. The van der Waals surface area contributed by atoms with Crippen molar-refractivity contribution in [3.05, 3.63) is 0 Å². The van der Waals surface area contributed by atoms with Gasteiger partial charge in [-0.25, -0.2) is 0 Å². The van der Waals surface area contributed by atoms with Crippen LogP contribution in [0.3, 0.4) is 0 Å². The molecule has 10 nitrogen and oxygen atoms in total. The summed E-state index contributed by atoms with van der Waals surface area (Å²) in [5.41, 5.74) is 20.5. The Morgan fingerprint density at radius 2 is 1.48 bits per heavy atom. The Labute approximate surface area is 123 Å². The molecule has 0 aromatic carbocycles. The van der Waals surface area contributed by atoms with E-state index in [2.05, 4.69) is 5.32 Å². The van der Waals surface area contributed by atoms with Crippen LogP contribution >= 0.6 is 0 Å². The van der Waals surface area contributed by atoms with Crippen LogP contribution in [0.25, 0.3) is 0 Å². The normalized spacial score (nSPS) is 12.5. The summed E-state index contributed by atoms with van der Waals surface area (Å²) in [7, 11) is 0. The molecule has 0 amide bonds. The zero-order chi connectivity index (χ0) is 16.8. The highest BCUT2D eigenvalue weighted by atomic mass is 16.4. The molecule has 0 fully saturated rings. The number of carbonyl (C=O) groups is 2. The molecule has 0 bridgehead atoms. The summed E-state index contributed by atoms with van der Waals surface area (Å²) >= 11 is 0. The van der Waals surface area contributed by atoms with Gasteiger partial charge in [0.2, 0.25) is 0 Å². The second kappa shape index (κ2) is 13.1. The van der Waals surface area contributed by atoms with E-state index in [1.165, 1.54) is 0 Å². The summed E-state index contributed by atoms with van der Waals surface area (Å²) in [4.78, 5) is 20.3.